The van der Waals surface area contributed by atoms with Crippen LogP contribution in [0.4, 0.5) is 0 Å². The average molecular weight is 1180 g/mol. The van der Waals surface area contributed by atoms with Crippen LogP contribution in [0.25, 0.3) is 0 Å². The molecule has 0 fully saturated rings. The molecule has 0 aromatic carbocycles. The Hall–Kier alpha value is -0.588. The maximum Gasteiger partial charge on any atom is 1.20 e. The summed E-state index contributed by atoms with van der Waals surface area (Å²) in [5, 5.41) is 10.2. The molecule has 0 N–H and O–H groups in total. The van der Waals surface area contributed by atoms with Crippen molar-refractivity contribution < 1.29 is 65.2 Å². The molecule has 0 rings (SSSR count). The minimum Gasteiger partial charge on any atom is -0.551 e. The normalized spacial score (nSPS) is 11.0. The molecule has 0 saturated carbocycles. The summed E-state index contributed by atoms with van der Waals surface area (Å²) in [4.78, 5) is 48.6. The Kier molecular flexibility index (Phi) is 79.9. The average Bonchev–Trinajstić information content (AvgIpc) is 3.45. The summed E-state index contributed by atoms with van der Waals surface area (Å²) < 4.78 is 16.7. The van der Waals surface area contributed by atoms with Gasteiger partial charge in [0, 0.05) is 25.2 Å². The molecule has 0 amide bonds. The van der Waals surface area contributed by atoms with E-state index in [2.05, 4.69) is 27.7 Å². The van der Waals surface area contributed by atoms with Crippen molar-refractivity contribution in [2.75, 3.05) is 0 Å². The second-order valence-electron chi connectivity index (χ2n) is 24.9. The molecule has 0 spiro atoms. The zero-order valence-electron chi connectivity index (χ0n) is 56.1. The molecule has 0 atom stereocenters. The molecule has 0 saturated heterocycles. The van der Waals surface area contributed by atoms with Crippen molar-refractivity contribution in [3.8, 4) is 0 Å². The Balaban J connectivity index is -0.00000250. The van der Waals surface area contributed by atoms with Gasteiger partial charge < -0.3 is 21.3 Å². The molecule has 82 heavy (non-hydrogen) atoms. The molecule has 10 heteroatoms. The van der Waals surface area contributed by atoms with E-state index in [4.69, 9.17) is 11.4 Å². The van der Waals surface area contributed by atoms with E-state index in [1.54, 1.807) is 0 Å². The number of rotatable bonds is 67. The van der Waals surface area contributed by atoms with Crippen LogP contribution in [-0.2, 0) is 30.5 Å². The first-order valence-corrected chi connectivity index (χ1v) is 38.0. The number of unbranched alkanes of at least 4 members (excludes halogenated alkanes) is 56. The second-order valence-corrected chi connectivity index (χ2v) is 26.2. The van der Waals surface area contributed by atoms with E-state index < -0.39 is 39.0 Å². The van der Waals surface area contributed by atoms with Crippen LogP contribution < -0.4 is 34.7 Å². The molecule has 0 aromatic rings. The van der Waals surface area contributed by atoms with Crippen LogP contribution in [0.1, 0.15) is 439 Å². The van der Waals surface area contributed by atoms with Crippen LogP contribution in [0.2, 0.25) is 0 Å². The quantitative estimate of drug-likeness (QED) is 0.0436. The van der Waals surface area contributed by atoms with Crippen LogP contribution in [-0.4, -0.2) is 39.0 Å². The number of hydrogen-bond acceptors (Lipinski definition) is 8. The van der Waals surface area contributed by atoms with E-state index in [1.165, 1.54) is 315 Å². The molecule has 0 unspecified atom stereocenters. The first-order valence-electron chi connectivity index (χ1n) is 36.6. The van der Waals surface area contributed by atoms with Gasteiger partial charge in [-0.25, -0.2) is 0 Å². The molecule has 0 heterocycles. The van der Waals surface area contributed by atoms with Gasteiger partial charge in [-0.1, -0.05) is 387 Å². The summed E-state index contributed by atoms with van der Waals surface area (Å²) in [6, 6.07) is 0. The topological polar surface area (TPSA) is 119 Å². The van der Waals surface area contributed by atoms with Crippen LogP contribution in [0.3, 0.4) is 0 Å². The zero-order valence-corrected chi connectivity index (χ0v) is 59.3. The number of carboxylic acids is 1. The summed E-state index contributed by atoms with van der Waals surface area (Å²) in [7, 11) is 0. The first kappa shape index (κ1) is 85.6. The van der Waals surface area contributed by atoms with Gasteiger partial charge in [-0.2, -0.15) is 0 Å². The Morgan fingerprint density at radius 2 is 0.341 bits per heavy atom. The number of carbonyl (C=O) groups is 4. The van der Waals surface area contributed by atoms with Gasteiger partial charge in [-0.05, 0) is 32.1 Å². The van der Waals surface area contributed by atoms with E-state index >= 15 is 0 Å². The molecular formula is C72H140AlNaO8. The molecule has 0 radical (unpaired) electrons. The number of aliphatic carboxylic acids is 1. The Morgan fingerprint density at radius 1 is 0.220 bits per heavy atom. The predicted octanol–water partition coefficient (Wildman–Crippen LogP) is 20.4. The summed E-state index contributed by atoms with van der Waals surface area (Å²) in [5.74, 6) is -2.14. The second kappa shape index (κ2) is 76.5. The van der Waals surface area contributed by atoms with Gasteiger partial charge >= 0.3 is 44.7 Å². The summed E-state index contributed by atoms with van der Waals surface area (Å²) >= 11 is -3.24. The van der Waals surface area contributed by atoms with Crippen molar-refractivity contribution in [2.45, 2.75) is 439 Å². The maximum atomic E-state index is 12.8. The van der Waals surface area contributed by atoms with E-state index in [0.717, 1.165) is 70.6 Å². The molecule has 0 aliphatic heterocycles. The van der Waals surface area contributed by atoms with Crippen LogP contribution in [0.15, 0.2) is 0 Å². The smallest absolute Gasteiger partial charge is 0.551 e. The van der Waals surface area contributed by atoms with Gasteiger partial charge in [-0.3, -0.25) is 14.4 Å². The largest absolute Gasteiger partial charge is 1.20 e. The van der Waals surface area contributed by atoms with Crippen LogP contribution in [0.5, 0.6) is 0 Å². The maximum absolute atomic E-state index is 12.8. The third-order valence-electron chi connectivity index (χ3n) is 16.6. The third kappa shape index (κ3) is 77.4. The van der Waals surface area contributed by atoms with Crippen LogP contribution in [0, 0.1) is 0 Å². The fraction of sp³-hybridized carbons (Fsp3) is 0.944. The van der Waals surface area contributed by atoms with Gasteiger partial charge in [0.15, 0.2) is 0 Å². The van der Waals surface area contributed by atoms with E-state index in [0.29, 0.717) is 0 Å². The monoisotopic (exact) mass is 1180 g/mol. The molecule has 0 bridgehead atoms. The third-order valence-corrected chi connectivity index (χ3v) is 18.0. The van der Waals surface area contributed by atoms with Gasteiger partial charge in [0.05, 0.1) is 0 Å². The Bertz CT molecular complexity index is 1160. The van der Waals surface area contributed by atoms with Gasteiger partial charge in [-0.15, -0.1) is 0 Å². The molecule has 0 aliphatic carbocycles. The van der Waals surface area contributed by atoms with Gasteiger partial charge in [0.25, 0.3) is 17.9 Å². The minimum absolute atomic E-state index is 0. The number of hydrogen-bond donors (Lipinski definition) is 0. The number of carboxylic acid groups (broad SMARTS) is 1. The molecule has 0 aromatic heterocycles. The molecule has 480 valence electrons. The van der Waals surface area contributed by atoms with Gasteiger partial charge in [0.1, 0.15) is 0 Å². The van der Waals surface area contributed by atoms with Crippen molar-refractivity contribution in [1.29, 1.82) is 0 Å². The fourth-order valence-electron chi connectivity index (χ4n) is 11.1. The predicted molar refractivity (Wildman–Crippen MR) is 347 cm³/mol. The van der Waals surface area contributed by atoms with Crippen molar-refractivity contribution in [1.82, 2.24) is 0 Å². The SMILES string of the molecule is CCCCCCCCCCCCCCCCCC(=O)[O-].CCCCCCCCCCCCCCCCCC(=O)[O][Al]([O]C(=O)CCCCCCCCCCCCCCCCC)[O]C(=O)CCCCCCCCCCCCCCCCC.[Na+]. The van der Waals surface area contributed by atoms with Crippen molar-refractivity contribution >= 4 is 39.0 Å². The number of carbonyl (C=O) groups excluding carboxylic acids is 4. The summed E-state index contributed by atoms with van der Waals surface area (Å²) in [6.45, 7) is 9.09. The Morgan fingerprint density at radius 3 is 0.476 bits per heavy atom. The van der Waals surface area contributed by atoms with Crippen molar-refractivity contribution in [3.63, 3.8) is 0 Å². The van der Waals surface area contributed by atoms with Crippen molar-refractivity contribution in [3.05, 3.63) is 0 Å². The molecular weight excluding hydrogens is 1040 g/mol. The van der Waals surface area contributed by atoms with Crippen molar-refractivity contribution in [2.24, 2.45) is 0 Å². The van der Waals surface area contributed by atoms with Gasteiger partial charge in [0.2, 0.25) is 0 Å². The summed E-state index contributed by atoms with van der Waals surface area (Å²) in [6.07, 6.45) is 77.7. The van der Waals surface area contributed by atoms with E-state index in [1.807, 2.05) is 0 Å². The minimum atomic E-state index is -3.24. The van der Waals surface area contributed by atoms with E-state index in [9.17, 15) is 24.3 Å². The van der Waals surface area contributed by atoms with Crippen LogP contribution >= 0.6 is 0 Å². The standard InChI is InChI=1S/4C18H36O2.Al.Na/c4*1-2-3-4-5-6-7-8-9-10-11-12-13-14-15-16-17-18(19)20;;/h4*2-17H2,1H3,(H,19,20);;/q;;;;+3;+1/p-4. The molecule has 0 aliphatic rings. The fourth-order valence-corrected chi connectivity index (χ4v) is 12.3. The first-order chi connectivity index (χ1) is 39.8. The Labute approximate surface area is 539 Å². The van der Waals surface area contributed by atoms with E-state index in [-0.39, 0.29) is 55.2 Å². The summed E-state index contributed by atoms with van der Waals surface area (Å²) in [5.41, 5.74) is 0. The molecule has 8 nitrogen and oxygen atoms in total. The zero-order chi connectivity index (χ0) is 59.3.